The molecule has 0 radical (unpaired) electrons. The van der Waals surface area contributed by atoms with Crippen LogP contribution in [0.2, 0.25) is 10.0 Å². The Morgan fingerprint density at radius 3 is 2.26 bits per heavy atom. The maximum atomic E-state index is 6.33. The van der Waals surface area contributed by atoms with Crippen molar-refractivity contribution in [2.45, 2.75) is 6.54 Å². The molecular formula is C22H18Cl2N2S. The smallest absolute Gasteiger partial charge is 0.0736 e. The quantitative estimate of drug-likeness (QED) is 0.530. The van der Waals surface area contributed by atoms with Crippen molar-refractivity contribution in [3.8, 4) is 0 Å². The molecule has 0 saturated heterocycles. The highest BCUT2D eigenvalue weighted by molar-refractivity contribution is 8.09. The van der Waals surface area contributed by atoms with Gasteiger partial charge in [0.1, 0.15) is 0 Å². The van der Waals surface area contributed by atoms with Gasteiger partial charge in [-0.1, -0.05) is 71.7 Å². The summed E-state index contributed by atoms with van der Waals surface area (Å²) in [5, 5.41) is 1.12. The number of thioether (sulfide) groups is 1. The molecule has 0 atom stereocenters. The second-order valence-electron chi connectivity index (χ2n) is 6.24. The first-order chi connectivity index (χ1) is 13.2. The Labute approximate surface area is 173 Å². The molecule has 1 heterocycles. The normalized spacial score (nSPS) is 14.1. The van der Waals surface area contributed by atoms with E-state index in [1.165, 1.54) is 10.5 Å². The number of hydrogen-bond acceptors (Lipinski definition) is 3. The molecule has 4 rings (SSSR count). The molecule has 0 bridgehead atoms. The maximum absolute atomic E-state index is 6.33. The fourth-order valence-corrected chi connectivity index (χ4v) is 4.64. The van der Waals surface area contributed by atoms with E-state index in [1.807, 2.05) is 36.0 Å². The lowest BCUT2D eigenvalue weighted by Gasteiger charge is -2.23. The van der Waals surface area contributed by atoms with Gasteiger partial charge in [-0.2, -0.15) is 0 Å². The molecule has 136 valence electrons. The summed E-state index contributed by atoms with van der Waals surface area (Å²) in [5.74, 6) is 0.835. The van der Waals surface area contributed by atoms with Crippen LogP contribution in [0, 0.1) is 0 Å². The number of benzene rings is 3. The highest BCUT2D eigenvalue weighted by Crippen LogP contribution is 2.46. The fraction of sp³-hybridized carbons (Fsp3) is 0.0909. The van der Waals surface area contributed by atoms with Crippen molar-refractivity contribution < 1.29 is 0 Å². The lowest BCUT2D eigenvalue weighted by molar-refractivity contribution is 1.07. The van der Waals surface area contributed by atoms with Crippen LogP contribution in [0.4, 0.5) is 5.69 Å². The third-order valence-electron chi connectivity index (χ3n) is 4.54. The van der Waals surface area contributed by atoms with Gasteiger partial charge in [-0.25, -0.2) is 0 Å². The first kappa shape index (κ1) is 18.5. The van der Waals surface area contributed by atoms with Crippen molar-refractivity contribution in [3.05, 3.63) is 99.5 Å². The molecule has 3 aromatic rings. The van der Waals surface area contributed by atoms with Crippen LogP contribution in [0.25, 0.3) is 10.6 Å². The fourth-order valence-electron chi connectivity index (χ4n) is 3.14. The Morgan fingerprint density at radius 1 is 0.852 bits per heavy atom. The lowest BCUT2D eigenvalue weighted by Crippen LogP contribution is -2.17. The van der Waals surface area contributed by atoms with Gasteiger partial charge in [-0.3, -0.25) is 0 Å². The summed E-state index contributed by atoms with van der Waals surface area (Å²) in [4.78, 5) is 3.55. The van der Waals surface area contributed by atoms with Crippen molar-refractivity contribution in [2.75, 3.05) is 10.8 Å². The summed E-state index contributed by atoms with van der Waals surface area (Å²) in [6.45, 7) is 0.541. The molecule has 1 aliphatic rings. The van der Waals surface area contributed by atoms with Gasteiger partial charge in [0.2, 0.25) is 0 Å². The molecule has 0 aliphatic carbocycles. The molecule has 0 fully saturated rings. The molecule has 0 saturated carbocycles. The van der Waals surface area contributed by atoms with Gasteiger partial charge in [0, 0.05) is 22.7 Å². The number of rotatable bonds is 4. The van der Waals surface area contributed by atoms with Gasteiger partial charge in [0.25, 0.3) is 0 Å². The van der Waals surface area contributed by atoms with Crippen LogP contribution in [-0.2, 0) is 6.54 Å². The minimum Gasteiger partial charge on any atom is -0.330 e. The third-order valence-corrected chi connectivity index (χ3v) is 6.38. The molecule has 0 amide bonds. The first-order valence-electron chi connectivity index (χ1n) is 8.62. The lowest BCUT2D eigenvalue weighted by atomic mass is 10.1. The van der Waals surface area contributed by atoms with Gasteiger partial charge in [0.15, 0.2) is 0 Å². The van der Waals surface area contributed by atoms with E-state index in [2.05, 4.69) is 53.4 Å². The van der Waals surface area contributed by atoms with Crippen molar-refractivity contribution in [2.24, 2.45) is 5.73 Å². The van der Waals surface area contributed by atoms with Gasteiger partial charge in [-0.05, 0) is 35.4 Å². The summed E-state index contributed by atoms with van der Waals surface area (Å²) in [5.41, 5.74) is 11.4. The van der Waals surface area contributed by atoms with E-state index < -0.39 is 0 Å². The van der Waals surface area contributed by atoms with Crippen molar-refractivity contribution in [3.63, 3.8) is 0 Å². The summed E-state index contributed by atoms with van der Waals surface area (Å²) < 4.78 is 0. The van der Waals surface area contributed by atoms with Crippen molar-refractivity contribution >= 4 is 51.3 Å². The van der Waals surface area contributed by atoms with Crippen LogP contribution in [0.3, 0.4) is 0 Å². The van der Waals surface area contributed by atoms with Gasteiger partial charge in [-0.15, -0.1) is 11.8 Å². The minimum atomic E-state index is 0.541. The number of anilines is 1. The third kappa shape index (κ3) is 3.74. The molecule has 3 aromatic carbocycles. The summed E-state index contributed by atoms with van der Waals surface area (Å²) >= 11 is 14.3. The molecule has 0 spiro atoms. The Morgan fingerprint density at radius 2 is 1.59 bits per heavy atom. The largest absolute Gasteiger partial charge is 0.330 e. The molecule has 1 aliphatic heterocycles. The summed E-state index contributed by atoms with van der Waals surface area (Å²) in [6, 6.07) is 24.7. The zero-order valence-corrected chi connectivity index (χ0v) is 16.9. The van der Waals surface area contributed by atoms with E-state index in [-0.39, 0.29) is 0 Å². The van der Waals surface area contributed by atoms with Crippen molar-refractivity contribution in [1.29, 1.82) is 0 Å². The van der Waals surface area contributed by atoms with Crippen LogP contribution >= 0.6 is 35.0 Å². The number of nitrogens with zero attached hydrogens (tertiary/aromatic N) is 1. The van der Waals surface area contributed by atoms with Crippen LogP contribution in [0.5, 0.6) is 0 Å². The van der Waals surface area contributed by atoms with Crippen molar-refractivity contribution in [1.82, 2.24) is 0 Å². The SMILES string of the molecule is NCc1ccc(N2CSC(c3ccccc3)=C2c2ccc(Cl)c(Cl)c2)cc1. The number of halogens is 2. The van der Waals surface area contributed by atoms with E-state index in [4.69, 9.17) is 28.9 Å². The molecule has 2 nitrogen and oxygen atoms in total. The number of nitrogens with two attached hydrogens (primary N) is 1. The average molecular weight is 413 g/mol. The molecule has 0 unspecified atom stereocenters. The van der Waals surface area contributed by atoms with Gasteiger partial charge < -0.3 is 10.6 Å². The highest BCUT2D eigenvalue weighted by Gasteiger charge is 2.27. The average Bonchev–Trinajstić information content (AvgIpc) is 3.16. The minimum absolute atomic E-state index is 0.541. The van der Waals surface area contributed by atoms with E-state index in [9.17, 15) is 0 Å². The molecule has 2 N–H and O–H groups in total. The highest BCUT2D eigenvalue weighted by atomic mass is 35.5. The summed E-state index contributed by atoms with van der Waals surface area (Å²) in [6.07, 6.45) is 0. The second kappa shape index (κ2) is 7.99. The van der Waals surface area contributed by atoms with Gasteiger partial charge in [0.05, 0.1) is 21.6 Å². The Balaban J connectivity index is 1.86. The van der Waals surface area contributed by atoms with Crippen LogP contribution < -0.4 is 10.6 Å². The van der Waals surface area contributed by atoms with E-state index >= 15 is 0 Å². The number of hydrogen-bond donors (Lipinski definition) is 1. The predicted molar refractivity (Wildman–Crippen MR) is 119 cm³/mol. The Kier molecular flexibility index (Phi) is 5.46. The van der Waals surface area contributed by atoms with Crippen LogP contribution in [0.15, 0.2) is 72.8 Å². The van der Waals surface area contributed by atoms with Gasteiger partial charge >= 0.3 is 0 Å². The van der Waals surface area contributed by atoms with E-state index in [0.29, 0.717) is 16.6 Å². The second-order valence-corrected chi connectivity index (χ2v) is 8.01. The molecule has 0 aromatic heterocycles. The maximum Gasteiger partial charge on any atom is 0.0736 e. The molecule has 27 heavy (non-hydrogen) atoms. The predicted octanol–water partition coefficient (Wildman–Crippen LogP) is 6.49. The monoisotopic (exact) mass is 412 g/mol. The molecular weight excluding hydrogens is 395 g/mol. The zero-order valence-electron chi connectivity index (χ0n) is 14.5. The van der Waals surface area contributed by atoms with Crippen LogP contribution in [-0.4, -0.2) is 5.88 Å². The van der Waals surface area contributed by atoms with Crippen LogP contribution in [0.1, 0.15) is 16.7 Å². The molecule has 5 heteroatoms. The Hall–Kier alpha value is -1.91. The first-order valence-corrected chi connectivity index (χ1v) is 10.4. The van der Waals surface area contributed by atoms with E-state index in [1.54, 1.807) is 0 Å². The Bertz CT molecular complexity index is 985. The topological polar surface area (TPSA) is 29.3 Å². The van der Waals surface area contributed by atoms with E-state index in [0.717, 1.165) is 28.4 Å². The summed E-state index contributed by atoms with van der Waals surface area (Å²) in [7, 11) is 0. The standard InChI is InChI=1S/C22H18Cl2N2S/c23-19-11-8-17(12-20(19)24)21-22(16-4-2-1-3-5-16)27-14-26(21)18-9-6-15(13-25)7-10-18/h1-12H,13-14,25H2. The zero-order chi connectivity index (χ0) is 18.8.